The van der Waals surface area contributed by atoms with Crippen LogP contribution in [0.15, 0.2) is 42.5 Å². The van der Waals surface area contributed by atoms with Gasteiger partial charge in [-0.3, -0.25) is 4.79 Å². The molecule has 0 fully saturated rings. The first-order valence-corrected chi connectivity index (χ1v) is 9.96. The highest BCUT2D eigenvalue weighted by Gasteiger charge is 2.08. The van der Waals surface area contributed by atoms with E-state index in [4.69, 9.17) is 26.4 Å². The molecule has 1 amide bonds. The third-order valence-electron chi connectivity index (χ3n) is 4.21. The van der Waals surface area contributed by atoms with Gasteiger partial charge in [-0.05, 0) is 54.0 Å². The molecule has 2 rings (SSSR count). The largest absolute Gasteiger partial charge is 0.497 e. The first-order chi connectivity index (χ1) is 14.0. The minimum atomic E-state index is -0.176. The number of carbonyl (C=O) groups is 1. The molecular formula is C22H28N2O4S. The van der Waals surface area contributed by atoms with Crippen LogP contribution >= 0.6 is 12.2 Å². The molecule has 6 nitrogen and oxygen atoms in total. The van der Waals surface area contributed by atoms with Crippen molar-refractivity contribution in [2.45, 2.75) is 32.7 Å². The van der Waals surface area contributed by atoms with Crippen LogP contribution in [0, 0.1) is 0 Å². The summed E-state index contributed by atoms with van der Waals surface area (Å²) < 4.78 is 16.3. The third-order valence-corrected chi connectivity index (χ3v) is 4.46. The molecule has 0 aromatic heterocycles. The van der Waals surface area contributed by atoms with Gasteiger partial charge in [0.2, 0.25) is 5.91 Å². The van der Waals surface area contributed by atoms with Crippen LogP contribution in [-0.2, 0) is 17.8 Å². The van der Waals surface area contributed by atoms with Crippen LogP contribution in [0.5, 0.6) is 17.2 Å². The van der Waals surface area contributed by atoms with Gasteiger partial charge in [0.25, 0.3) is 0 Å². The smallest absolute Gasteiger partial charge is 0.230 e. The number of benzene rings is 2. The Labute approximate surface area is 177 Å². The molecule has 0 radical (unpaired) electrons. The summed E-state index contributed by atoms with van der Waals surface area (Å²) in [5.74, 6) is 1.98. The molecule has 0 bridgehead atoms. The predicted octanol–water partition coefficient (Wildman–Crippen LogP) is 3.62. The number of nitrogens with one attached hydrogen (secondary N) is 2. The number of hydrogen-bond acceptors (Lipinski definition) is 5. The monoisotopic (exact) mass is 416 g/mol. The number of thiocarbonyl (C=S) groups is 1. The standard InChI is InChI=1S/C22H28N2O4S/c1-4-5-12-28-19-11-8-17(13-20(19)27-3)15-23-22(29)24-21(25)14-16-6-9-18(26-2)10-7-16/h6-11,13H,4-5,12,14-15H2,1-3H3,(H2,23,24,25,29). The lowest BCUT2D eigenvalue weighted by Gasteiger charge is -2.13. The highest BCUT2D eigenvalue weighted by molar-refractivity contribution is 7.80. The molecule has 0 aliphatic carbocycles. The maximum Gasteiger partial charge on any atom is 0.230 e. The van der Waals surface area contributed by atoms with Gasteiger partial charge in [0.1, 0.15) is 5.75 Å². The van der Waals surface area contributed by atoms with E-state index in [-0.39, 0.29) is 17.4 Å². The van der Waals surface area contributed by atoms with Gasteiger partial charge >= 0.3 is 0 Å². The quantitative estimate of drug-likeness (QED) is 0.456. The molecule has 0 aliphatic heterocycles. The Morgan fingerprint density at radius 1 is 1.00 bits per heavy atom. The van der Waals surface area contributed by atoms with Crippen molar-refractivity contribution in [3.05, 3.63) is 53.6 Å². The Morgan fingerprint density at radius 2 is 1.72 bits per heavy atom. The molecule has 0 aliphatic rings. The normalized spacial score (nSPS) is 10.2. The van der Waals surface area contributed by atoms with E-state index in [0.29, 0.717) is 18.9 Å². The molecule has 0 saturated heterocycles. The van der Waals surface area contributed by atoms with Crippen molar-refractivity contribution in [1.29, 1.82) is 0 Å². The van der Waals surface area contributed by atoms with E-state index in [2.05, 4.69) is 17.6 Å². The molecule has 0 saturated carbocycles. The predicted molar refractivity (Wildman–Crippen MR) is 118 cm³/mol. The number of methoxy groups -OCH3 is 2. The molecule has 29 heavy (non-hydrogen) atoms. The Balaban J connectivity index is 1.82. The molecule has 2 aromatic rings. The Kier molecular flexibility index (Phi) is 9.24. The molecule has 0 atom stereocenters. The number of hydrogen-bond donors (Lipinski definition) is 2. The van der Waals surface area contributed by atoms with Crippen LogP contribution in [0.4, 0.5) is 0 Å². The second kappa shape index (κ2) is 11.9. The number of unbranched alkanes of at least 4 members (excludes halogenated alkanes) is 1. The van der Waals surface area contributed by atoms with Crippen molar-refractivity contribution in [1.82, 2.24) is 10.6 Å². The highest BCUT2D eigenvalue weighted by Crippen LogP contribution is 2.28. The summed E-state index contributed by atoms with van der Waals surface area (Å²) in [6.45, 7) is 3.25. The average Bonchev–Trinajstić information content (AvgIpc) is 2.73. The molecule has 2 N–H and O–H groups in total. The third kappa shape index (κ3) is 7.62. The van der Waals surface area contributed by atoms with E-state index < -0.39 is 0 Å². The fourth-order valence-corrected chi connectivity index (χ4v) is 2.78. The molecule has 7 heteroatoms. The zero-order valence-electron chi connectivity index (χ0n) is 17.1. The molecule has 0 heterocycles. The maximum absolute atomic E-state index is 12.2. The lowest BCUT2D eigenvalue weighted by atomic mass is 10.1. The van der Waals surface area contributed by atoms with E-state index in [0.717, 1.165) is 35.5 Å². The van der Waals surface area contributed by atoms with Crippen LogP contribution in [0.2, 0.25) is 0 Å². The van der Waals surface area contributed by atoms with Crippen molar-refractivity contribution >= 4 is 23.2 Å². The van der Waals surface area contributed by atoms with Crippen LogP contribution in [-0.4, -0.2) is 31.8 Å². The summed E-state index contributed by atoms with van der Waals surface area (Å²) in [4.78, 5) is 12.2. The Hall–Kier alpha value is -2.80. The van der Waals surface area contributed by atoms with Gasteiger partial charge in [0.15, 0.2) is 16.6 Å². The van der Waals surface area contributed by atoms with Gasteiger partial charge in [-0.2, -0.15) is 0 Å². The lowest BCUT2D eigenvalue weighted by Crippen LogP contribution is -2.39. The fourth-order valence-electron chi connectivity index (χ4n) is 2.59. The van der Waals surface area contributed by atoms with Crippen molar-refractivity contribution in [2.24, 2.45) is 0 Å². The summed E-state index contributed by atoms with van der Waals surface area (Å²) in [7, 11) is 3.22. The summed E-state index contributed by atoms with van der Waals surface area (Å²) in [5, 5.41) is 6.02. The van der Waals surface area contributed by atoms with Crippen molar-refractivity contribution < 1.29 is 19.0 Å². The van der Waals surface area contributed by atoms with Gasteiger partial charge in [-0.25, -0.2) is 0 Å². The zero-order valence-corrected chi connectivity index (χ0v) is 17.9. The second-order valence-corrected chi connectivity index (χ2v) is 6.85. The van der Waals surface area contributed by atoms with Gasteiger partial charge in [0.05, 0.1) is 27.2 Å². The fraction of sp³-hybridized carbons (Fsp3) is 0.364. The molecule has 0 spiro atoms. The second-order valence-electron chi connectivity index (χ2n) is 6.44. The van der Waals surface area contributed by atoms with Crippen LogP contribution < -0.4 is 24.8 Å². The number of carbonyl (C=O) groups excluding carboxylic acids is 1. The van der Waals surface area contributed by atoms with Crippen molar-refractivity contribution in [3.8, 4) is 17.2 Å². The minimum absolute atomic E-state index is 0.176. The number of ether oxygens (including phenoxy) is 3. The number of amides is 1. The Morgan fingerprint density at radius 3 is 2.38 bits per heavy atom. The van der Waals surface area contributed by atoms with Crippen LogP contribution in [0.1, 0.15) is 30.9 Å². The van der Waals surface area contributed by atoms with Gasteiger partial charge < -0.3 is 24.8 Å². The van der Waals surface area contributed by atoms with E-state index in [1.807, 2.05) is 42.5 Å². The summed E-state index contributed by atoms with van der Waals surface area (Å²) in [6.07, 6.45) is 2.31. The first-order valence-electron chi connectivity index (χ1n) is 9.56. The van der Waals surface area contributed by atoms with Crippen LogP contribution in [0.25, 0.3) is 0 Å². The molecule has 0 unspecified atom stereocenters. The van der Waals surface area contributed by atoms with E-state index in [9.17, 15) is 4.79 Å². The minimum Gasteiger partial charge on any atom is -0.497 e. The average molecular weight is 417 g/mol. The molecule has 156 valence electrons. The molecule has 2 aromatic carbocycles. The van der Waals surface area contributed by atoms with Gasteiger partial charge in [-0.1, -0.05) is 31.5 Å². The summed E-state index contributed by atoms with van der Waals surface area (Å²) in [6, 6.07) is 13.1. The van der Waals surface area contributed by atoms with Crippen molar-refractivity contribution in [2.75, 3.05) is 20.8 Å². The zero-order chi connectivity index (χ0) is 21.1. The summed E-state index contributed by atoms with van der Waals surface area (Å²) in [5.41, 5.74) is 1.85. The summed E-state index contributed by atoms with van der Waals surface area (Å²) >= 11 is 5.22. The highest BCUT2D eigenvalue weighted by atomic mass is 32.1. The van der Waals surface area contributed by atoms with Crippen molar-refractivity contribution in [3.63, 3.8) is 0 Å². The van der Waals surface area contributed by atoms with E-state index in [1.54, 1.807) is 14.2 Å². The topological polar surface area (TPSA) is 68.8 Å². The Bertz CT molecular complexity index is 809. The first kappa shape index (κ1) is 22.5. The lowest BCUT2D eigenvalue weighted by molar-refractivity contribution is -0.119. The van der Waals surface area contributed by atoms with Gasteiger partial charge in [-0.15, -0.1) is 0 Å². The van der Waals surface area contributed by atoms with Crippen LogP contribution in [0.3, 0.4) is 0 Å². The van der Waals surface area contributed by atoms with Gasteiger partial charge in [0, 0.05) is 6.54 Å². The maximum atomic E-state index is 12.2. The SMILES string of the molecule is CCCCOc1ccc(CNC(=S)NC(=O)Cc2ccc(OC)cc2)cc1OC. The number of rotatable bonds is 10. The van der Waals surface area contributed by atoms with E-state index in [1.165, 1.54) is 0 Å². The van der Waals surface area contributed by atoms with E-state index >= 15 is 0 Å². The molecular weight excluding hydrogens is 388 g/mol.